The first-order valence-electron chi connectivity index (χ1n) is 4.59. The second-order valence-corrected chi connectivity index (χ2v) is 3.84. The number of epoxide rings is 1. The first kappa shape index (κ1) is 6.67. The Morgan fingerprint density at radius 1 is 1.42 bits per heavy atom. The van der Waals surface area contributed by atoms with Crippen molar-refractivity contribution in [3.8, 4) is 0 Å². The number of hydrogen-bond acceptors (Lipinski definition) is 1. The molecule has 0 saturated carbocycles. The van der Waals surface area contributed by atoms with E-state index in [1.807, 2.05) is 0 Å². The third kappa shape index (κ3) is 0.831. The van der Waals surface area contributed by atoms with Gasteiger partial charge in [0.1, 0.15) is 6.10 Å². The number of benzene rings is 1. The van der Waals surface area contributed by atoms with Gasteiger partial charge in [-0.05, 0) is 30.9 Å². The van der Waals surface area contributed by atoms with Gasteiger partial charge in [-0.2, -0.15) is 0 Å². The molecule has 0 N–H and O–H groups in total. The van der Waals surface area contributed by atoms with Crippen LogP contribution in [0.25, 0.3) is 0 Å². The maximum absolute atomic E-state index is 5.54. The molecular weight excluding hydrogens is 148 g/mol. The van der Waals surface area contributed by atoms with Crippen LogP contribution in [-0.2, 0) is 11.2 Å². The third-order valence-corrected chi connectivity index (χ3v) is 2.89. The van der Waals surface area contributed by atoms with Crippen LogP contribution in [0.2, 0.25) is 0 Å². The summed E-state index contributed by atoms with van der Waals surface area (Å²) in [7, 11) is 0. The number of hydrogen-bond donors (Lipinski definition) is 0. The molecule has 0 aromatic heterocycles. The fourth-order valence-corrected chi connectivity index (χ4v) is 2.16. The minimum absolute atomic E-state index is 0.453. The van der Waals surface area contributed by atoms with Crippen LogP contribution in [0.15, 0.2) is 18.2 Å². The molecule has 0 amide bonds. The molecule has 1 aromatic carbocycles. The summed E-state index contributed by atoms with van der Waals surface area (Å²) in [5, 5.41) is 0. The molecule has 0 radical (unpaired) electrons. The second-order valence-electron chi connectivity index (χ2n) is 3.84. The molecule has 2 atom stereocenters. The normalized spacial score (nSPS) is 30.8. The van der Waals surface area contributed by atoms with E-state index in [1.165, 1.54) is 29.5 Å². The third-order valence-electron chi connectivity index (χ3n) is 2.89. The van der Waals surface area contributed by atoms with Gasteiger partial charge in [-0.3, -0.25) is 0 Å². The summed E-state index contributed by atoms with van der Waals surface area (Å²) in [6, 6.07) is 6.71. The van der Waals surface area contributed by atoms with Crippen LogP contribution in [0.4, 0.5) is 0 Å². The summed E-state index contributed by atoms with van der Waals surface area (Å²) < 4.78 is 5.54. The molecule has 1 fully saturated rings. The molecule has 0 bridgehead atoms. The highest BCUT2D eigenvalue weighted by atomic mass is 16.6. The van der Waals surface area contributed by atoms with Gasteiger partial charge in [-0.1, -0.05) is 23.8 Å². The molecule has 12 heavy (non-hydrogen) atoms. The van der Waals surface area contributed by atoms with Crippen molar-refractivity contribution in [2.75, 3.05) is 0 Å². The average molecular weight is 160 g/mol. The first-order chi connectivity index (χ1) is 5.84. The molecule has 3 rings (SSSR count). The zero-order valence-electron chi connectivity index (χ0n) is 7.21. The Morgan fingerprint density at radius 3 is 3.25 bits per heavy atom. The maximum Gasteiger partial charge on any atom is 0.109 e. The molecule has 1 aliphatic heterocycles. The van der Waals surface area contributed by atoms with E-state index in [4.69, 9.17) is 4.74 Å². The van der Waals surface area contributed by atoms with Gasteiger partial charge in [-0.15, -0.1) is 0 Å². The van der Waals surface area contributed by atoms with Crippen molar-refractivity contribution in [2.45, 2.75) is 32.0 Å². The lowest BCUT2D eigenvalue weighted by Crippen LogP contribution is -2.04. The van der Waals surface area contributed by atoms with Gasteiger partial charge in [0, 0.05) is 0 Å². The molecule has 1 aromatic rings. The molecule has 1 heteroatoms. The summed E-state index contributed by atoms with van der Waals surface area (Å²) in [5.74, 6) is 0. The van der Waals surface area contributed by atoms with E-state index in [0.717, 1.165) is 0 Å². The van der Waals surface area contributed by atoms with E-state index >= 15 is 0 Å². The maximum atomic E-state index is 5.54. The molecule has 1 aliphatic carbocycles. The van der Waals surface area contributed by atoms with Gasteiger partial charge in [0.25, 0.3) is 0 Å². The summed E-state index contributed by atoms with van der Waals surface area (Å²) in [6.45, 7) is 2.15. The van der Waals surface area contributed by atoms with Crippen LogP contribution >= 0.6 is 0 Å². The summed E-state index contributed by atoms with van der Waals surface area (Å²) in [4.78, 5) is 0. The van der Waals surface area contributed by atoms with Gasteiger partial charge in [0.05, 0.1) is 6.10 Å². The summed E-state index contributed by atoms with van der Waals surface area (Å²) in [6.07, 6.45) is 3.44. The molecule has 1 nitrogen and oxygen atoms in total. The van der Waals surface area contributed by atoms with Crippen molar-refractivity contribution in [2.24, 2.45) is 0 Å². The zero-order chi connectivity index (χ0) is 8.13. The standard InChI is InChI=1S/C11H12O/c1-7-2-4-9-8(6-7)3-5-10-11(9)12-10/h2,4,6,10-11H,3,5H2,1H3/t10-,11+/m1/s1. The number of aryl methyl sites for hydroxylation is 2. The Labute approximate surface area is 72.4 Å². The van der Waals surface area contributed by atoms with E-state index in [2.05, 4.69) is 25.1 Å². The molecule has 62 valence electrons. The van der Waals surface area contributed by atoms with Crippen LogP contribution in [0.3, 0.4) is 0 Å². The zero-order valence-corrected chi connectivity index (χ0v) is 7.21. The largest absolute Gasteiger partial charge is 0.364 e. The van der Waals surface area contributed by atoms with Crippen LogP contribution in [0, 0.1) is 6.92 Å². The highest BCUT2D eigenvalue weighted by molar-refractivity contribution is 5.38. The van der Waals surface area contributed by atoms with Gasteiger partial charge in [-0.25, -0.2) is 0 Å². The molecule has 0 spiro atoms. The molecular formula is C11H12O. The van der Waals surface area contributed by atoms with Gasteiger partial charge < -0.3 is 4.74 Å². The Kier molecular flexibility index (Phi) is 1.17. The minimum Gasteiger partial charge on any atom is -0.364 e. The van der Waals surface area contributed by atoms with Crippen molar-refractivity contribution in [1.82, 2.24) is 0 Å². The quantitative estimate of drug-likeness (QED) is 0.531. The van der Waals surface area contributed by atoms with Crippen molar-refractivity contribution >= 4 is 0 Å². The fraction of sp³-hybridized carbons (Fsp3) is 0.455. The van der Waals surface area contributed by atoms with Crippen LogP contribution < -0.4 is 0 Å². The van der Waals surface area contributed by atoms with Crippen LogP contribution in [0.5, 0.6) is 0 Å². The Hall–Kier alpha value is -0.820. The second kappa shape index (κ2) is 2.11. The van der Waals surface area contributed by atoms with E-state index in [9.17, 15) is 0 Å². The average Bonchev–Trinajstić information content (AvgIpc) is 2.82. The minimum atomic E-state index is 0.453. The number of ether oxygens (including phenoxy) is 1. The lowest BCUT2D eigenvalue weighted by molar-refractivity contribution is 0.373. The van der Waals surface area contributed by atoms with Crippen molar-refractivity contribution in [3.05, 3.63) is 34.9 Å². The van der Waals surface area contributed by atoms with Crippen molar-refractivity contribution in [1.29, 1.82) is 0 Å². The first-order valence-corrected chi connectivity index (χ1v) is 4.59. The highest BCUT2D eigenvalue weighted by Gasteiger charge is 2.43. The predicted octanol–water partition coefficient (Wildman–Crippen LogP) is 2.38. The Morgan fingerprint density at radius 2 is 2.33 bits per heavy atom. The monoisotopic (exact) mass is 160 g/mol. The van der Waals surface area contributed by atoms with Crippen molar-refractivity contribution in [3.63, 3.8) is 0 Å². The summed E-state index contributed by atoms with van der Waals surface area (Å²) in [5.41, 5.74) is 4.32. The van der Waals surface area contributed by atoms with E-state index in [-0.39, 0.29) is 0 Å². The molecule has 0 unspecified atom stereocenters. The van der Waals surface area contributed by atoms with Crippen LogP contribution in [0.1, 0.15) is 29.2 Å². The fourth-order valence-electron chi connectivity index (χ4n) is 2.16. The van der Waals surface area contributed by atoms with E-state index < -0.39 is 0 Å². The SMILES string of the molecule is Cc1ccc2c(c1)CC[C@H]1O[C@@H]21. The lowest BCUT2D eigenvalue weighted by atomic mass is 9.91. The molecule has 1 heterocycles. The van der Waals surface area contributed by atoms with Gasteiger partial charge in [0.2, 0.25) is 0 Å². The predicted molar refractivity (Wildman–Crippen MR) is 47.1 cm³/mol. The number of rotatable bonds is 0. The van der Waals surface area contributed by atoms with Crippen molar-refractivity contribution < 1.29 is 4.74 Å². The number of fused-ring (bicyclic) bond motifs is 3. The van der Waals surface area contributed by atoms with Crippen LogP contribution in [-0.4, -0.2) is 6.10 Å². The smallest absolute Gasteiger partial charge is 0.109 e. The molecule has 2 aliphatic rings. The van der Waals surface area contributed by atoms with Gasteiger partial charge >= 0.3 is 0 Å². The summed E-state index contributed by atoms with van der Waals surface area (Å²) >= 11 is 0. The lowest BCUT2D eigenvalue weighted by Gasteiger charge is -2.11. The van der Waals surface area contributed by atoms with E-state index in [1.54, 1.807) is 0 Å². The molecule has 1 saturated heterocycles. The Bertz CT molecular complexity index is 330. The Balaban J connectivity index is 2.12. The highest BCUT2D eigenvalue weighted by Crippen LogP contribution is 2.46. The van der Waals surface area contributed by atoms with E-state index in [0.29, 0.717) is 12.2 Å². The van der Waals surface area contributed by atoms with Gasteiger partial charge in [0.15, 0.2) is 0 Å². The topological polar surface area (TPSA) is 12.5 Å².